The highest BCUT2D eigenvalue weighted by Gasteiger charge is 2.25. The van der Waals surface area contributed by atoms with Crippen molar-refractivity contribution in [1.82, 2.24) is 4.57 Å². The Balaban J connectivity index is 1.67. The van der Waals surface area contributed by atoms with Gasteiger partial charge in [0.1, 0.15) is 11.9 Å². The Kier molecular flexibility index (Phi) is 17.4. The Morgan fingerprint density at radius 2 is 1.10 bits per heavy atom. The van der Waals surface area contributed by atoms with Crippen molar-refractivity contribution in [1.29, 1.82) is 0 Å². The van der Waals surface area contributed by atoms with Gasteiger partial charge in [0.15, 0.2) is 0 Å². The second-order valence-corrected chi connectivity index (χ2v) is 12.9. The molecule has 0 bridgehead atoms. The molecule has 2 heteroatoms. The van der Waals surface area contributed by atoms with Gasteiger partial charge >= 0.3 is 0 Å². The van der Waals surface area contributed by atoms with Gasteiger partial charge in [-0.3, -0.25) is 0 Å². The maximum atomic E-state index is 2.73. The SMILES string of the molecule is CCCCCCCCCCCCC[n+]1c(CC(C)c2ccccc2)cn(CCCCCCCC)c1Cc1ccccc1. The van der Waals surface area contributed by atoms with Crippen LogP contribution in [0.25, 0.3) is 0 Å². The summed E-state index contributed by atoms with van der Waals surface area (Å²) in [6.45, 7) is 9.32. The molecule has 1 unspecified atom stereocenters. The van der Waals surface area contributed by atoms with E-state index in [2.05, 4.69) is 96.8 Å². The van der Waals surface area contributed by atoms with Gasteiger partial charge in [0.05, 0.1) is 19.5 Å². The van der Waals surface area contributed by atoms with E-state index >= 15 is 0 Å². The van der Waals surface area contributed by atoms with E-state index in [9.17, 15) is 0 Å². The van der Waals surface area contributed by atoms with Gasteiger partial charge in [0.2, 0.25) is 0 Å². The van der Waals surface area contributed by atoms with Crippen molar-refractivity contribution >= 4 is 0 Å². The highest BCUT2D eigenvalue weighted by molar-refractivity contribution is 5.21. The Labute approximate surface area is 260 Å². The second-order valence-electron chi connectivity index (χ2n) is 12.9. The summed E-state index contributed by atoms with van der Waals surface area (Å²) in [5.41, 5.74) is 4.40. The van der Waals surface area contributed by atoms with Gasteiger partial charge in [0, 0.05) is 6.42 Å². The van der Waals surface area contributed by atoms with Crippen LogP contribution in [0.4, 0.5) is 0 Å². The Bertz CT molecular complexity index is 1050. The number of unbranched alkanes of at least 4 members (excludes halogenated alkanes) is 15. The van der Waals surface area contributed by atoms with Crippen molar-refractivity contribution < 1.29 is 4.57 Å². The van der Waals surface area contributed by atoms with Crippen molar-refractivity contribution in [3.05, 3.63) is 89.5 Å². The van der Waals surface area contributed by atoms with Crippen LogP contribution in [0.5, 0.6) is 0 Å². The van der Waals surface area contributed by atoms with Crippen molar-refractivity contribution in [3.63, 3.8) is 0 Å². The highest BCUT2D eigenvalue weighted by atomic mass is 15.2. The molecule has 0 saturated carbocycles. The van der Waals surface area contributed by atoms with Crippen LogP contribution in [-0.2, 0) is 25.9 Å². The molecular weight excluding hydrogens is 508 g/mol. The number of imidazole rings is 1. The first-order valence-corrected chi connectivity index (χ1v) is 17.9. The van der Waals surface area contributed by atoms with Gasteiger partial charge < -0.3 is 0 Å². The van der Waals surface area contributed by atoms with Crippen molar-refractivity contribution in [3.8, 4) is 0 Å². The molecule has 1 aromatic heterocycles. The van der Waals surface area contributed by atoms with E-state index in [0.717, 1.165) is 25.9 Å². The lowest BCUT2D eigenvalue weighted by atomic mass is 9.96. The summed E-state index contributed by atoms with van der Waals surface area (Å²) < 4.78 is 5.37. The first-order valence-electron chi connectivity index (χ1n) is 17.9. The molecule has 0 fully saturated rings. The molecule has 3 rings (SSSR count). The maximum Gasteiger partial charge on any atom is 0.261 e. The van der Waals surface area contributed by atoms with Crippen molar-refractivity contribution in [2.24, 2.45) is 0 Å². The number of hydrogen-bond acceptors (Lipinski definition) is 0. The zero-order chi connectivity index (χ0) is 29.7. The van der Waals surface area contributed by atoms with E-state index in [-0.39, 0.29) is 0 Å². The first kappa shape index (κ1) is 34.1. The molecule has 0 amide bonds. The van der Waals surface area contributed by atoms with E-state index in [0.29, 0.717) is 5.92 Å². The van der Waals surface area contributed by atoms with Crippen LogP contribution in [0, 0.1) is 0 Å². The number of hydrogen-bond donors (Lipinski definition) is 0. The van der Waals surface area contributed by atoms with Crippen LogP contribution < -0.4 is 4.57 Å². The second kappa shape index (κ2) is 21.4. The van der Waals surface area contributed by atoms with E-state index in [1.54, 1.807) is 0 Å². The third-order valence-electron chi connectivity index (χ3n) is 9.12. The minimum absolute atomic E-state index is 0.518. The molecule has 232 valence electrons. The zero-order valence-corrected chi connectivity index (χ0v) is 27.7. The summed E-state index contributed by atoms with van der Waals surface area (Å²) in [5, 5.41) is 0. The third-order valence-corrected chi connectivity index (χ3v) is 9.12. The maximum absolute atomic E-state index is 2.73. The molecule has 2 nitrogen and oxygen atoms in total. The third kappa shape index (κ3) is 12.9. The molecular formula is C40H63N2+. The van der Waals surface area contributed by atoms with Crippen LogP contribution >= 0.6 is 0 Å². The molecule has 0 N–H and O–H groups in total. The van der Waals surface area contributed by atoms with E-state index < -0.39 is 0 Å². The van der Waals surface area contributed by atoms with Crippen LogP contribution in [0.15, 0.2) is 66.9 Å². The van der Waals surface area contributed by atoms with Crippen LogP contribution in [0.3, 0.4) is 0 Å². The standard InChI is InChI=1S/C40H63N2/c1-4-6-8-10-12-13-14-15-16-18-26-32-42-39(33-36(3)38-29-23-20-24-30-38)35-41(31-25-17-11-9-7-5-2)40(42)34-37-27-21-19-22-28-37/h19-24,27-30,35-36H,4-18,25-26,31-34H2,1-3H3/q+1. The summed E-state index contributed by atoms with van der Waals surface area (Å²) in [7, 11) is 0. The van der Waals surface area contributed by atoms with Crippen LogP contribution in [0.1, 0.15) is 158 Å². The number of aromatic nitrogens is 2. The van der Waals surface area contributed by atoms with Crippen molar-refractivity contribution in [2.45, 2.75) is 162 Å². The molecule has 42 heavy (non-hydrogen) atoms. The minimum Gasteiger partial charge on any atom is -0.234 e. The van der Waals surface area contributed by atoms with Gasteiger partial charge in [-0.05, 0) is 42.7 Å². The molecule has 0 aliphatic heterocycles. The largest absolute Gasteiger partial charge is 0.261 e. The first-order chi connectivity index (χ1) is 20.7. The Hall–Kier alpha value is -2.35. The molecule has 0 spiro atoms. The summed E-state index contributed by atoms with van der Waals surface area (Å²) >= 11 is 0. The summed E-state index contributed by atoms with van der Waals surface area (Å²) in [5.74, 6) is 2.03. The van der Waals surface area contributed by atoms with Crippen LogP contribution in [0.2, 0.25) is 0 Å². The van der Waals surface area contributed by atoms with E-state index in [1.165, 1.54) is 132 Å². The quantitative estimate of drug-likeness (QED) is 0.0747. The van der Waals surface area contributed by atoms with Gasteiger partial charge in [-0.15, -0.1) is 0 Å². The number of rotatable bonds is 24. The molecule has 0 radical (unpaired) electrons. The predicted molar refractivity (Wildman–Crippen MR) is 182 cm³/mol. The number of nitrogens with zero attached hydrogens (tertiary/aromatic N) is 2. The molecule has 0 saturated heterocycles. The van der Waals surface area contributed by atoms with E-state index in [4.69, 9.17) is 0 Å². The minimum atomic E-state index is 0.518. The van der Waals surface area contributed by atoms with Crippen LogP contribution in [-0.4, -0.2) is 4.57 Å². The monoisotopic (exact) mass is 571 g/mol. The highest BCUT2D eigenvalue weighted by Crippen LogP contribution is 2.21. The normalized spacial score (nSPS) is 12.2. The fourth-order valence-corrected chi connectivity index (χ4v) is 6.46. The molecule has 1 heterocycles. The lowest BCUT2D eigenvalue weighted by Gasteiger charge is -2.12. The Morgan fingerprint density at radius 3 is 1.67 bits per heavy atom. The average Bonchev–Trinajstić information content (AvgIpc) is 3.33. The van der Waals surface area contributed by atoms with Gasteiger partial charge in [-0.25, -0.2) is 9.13 Å². The number of benzene rings is 2. The molecule has 3 aromatic rings. The van der Waals surface area contributed by atoms with E-state index in [1.807, 2.05) is 0 Å². The average molecular weight is 572 g/mol. The summed E-state index contributed by atoms with van der Waals surface area (Å²) in [4.78, 5) is 0. The Morgan fingerprint density at radius 1 is 0.595 bits per heavy atom. The fourth-order valence-electron chi connectivity index (χ4n) is 6.46. The molecule has 1 atom stereocenters. The van der Waals surface area contributed by atoms with Gasteiger partial charge in [-0.2, -0.15) is 0 Å². The molecule has 2 aromatic carbocycles. The molecule has 0 aliphatic rings. The molecule has 0 aliphatic carbocycles. The lowest BCUT2D eigenvalue weighted by molar-refractivity contribution is -0.710. The predicted octanol–water partition coefficient (Wildman–Crippen LogP) is 11.4. The summed E-state index contributed by atoms with van der Waals surface area (Å²) in [6.07, 6.45) is 28.1. The zero-order valence-electron chi connectivity index (χ0n) is 27.7. The van der Waals surface area contributed by atoms with Gasteiger partial charge in [0.25, 0.3) is 5.82 Å². The number of aryl methyl sites for hydroxylation is 1. The smallest absolute Gasteiger partial charge is 0.234 e. The van der Waals surface area contributed by atoms with Crippen molar-refractivity contribution in [2.75, 3.05) is 0 Å². The lowest BCUT2D eigenvalue weighted by Crippen LogP contribution is -2.41. The topological polar surface area (TPSA) is 8.81 Å². The van der Waals surface area contributed by atoms with Gasteiger partial charge in [-0.1, -0.05) is 165 Å². The summed E-state index contributed by atoms with van der Waals surface area (Å²) in [6, 6.07) is 22.3. The fraction of sp³-hybridized carbons (Fsp3) is 0.625.